The zero-order valence-electron chi connectivity index (χ0n) is 9.05. The van der Waals surface area contributed by atoms with E-state index in [-0.39, 0.29) is 11.7 Å². The van der Waals surface area contributed by atoms with Gasteiger partial charge in [-0.05, 0) is 38.2 Å². The second-order valence-corrected chi connectivity index (χ2v) is 4.33. The molecule has 1 aromatic heterocycles. The third-order valence-electron chi connectivity index (χ3n) is 2.83. The molecular weight excluding hydrogens is 190 g/mol. The average molecular weight is 207 g/mol. The van der Waals surface area contributed by atoms with Gasteiger partial charge in [-0.2, -0.15) is 4.98 Å². The summed E-state index contributed by atoms with van der Waals surface area (Å²) in [6.45, 7) is 1.94. The van der Waals surface area contributed by atoms with Crippen molar-refractivity contribution >= 4 is 0 Å². The van der Waals surface area contributed by atoms with Gasteiger partial charge in [0.05, 0.1) is 5.69 Å². The van der Waals surface area contributed by atoms with Crippen molar-refractivity contribution in [3.8, 4) is 0 Å². The molecule has 1 heterocycles. The summed E-state index contributed by atoms with van der Waals surface area (Å²) in [5, 5.41) is 0. The van der Waals surface area contributed by atoms with Gasteiger partial charge in [0.15, 0.2) is 0 Å². The van der Waals surface area contributed by atoms with Crippen LogP contribution in [0.1, 0.15) is 36.7 Å². The van der Waals surface area contributed by atoms with E-state index in [1.165, 1.54) is 12.0 Å². The summed E-state index contributed by atoms with van der Waals surface area (Å²) < 4.78 is 0. The third-order valence-corrected chi connectivity index (χ3v) is 2.83. The van der Waals surface area contributed by atoms with Crippen LogP contribution in [-0.4, -0.2) is 16.0 Å². The fraction of sp³-hybridized carbons (Fsp3) is 0.636. The van der Waals surface area contributed by atoms with E-state index in [2.05, 4.69) is 9.97 Å². The molecule has 4 nitrogen and oxygen atoms in total. The van der Waals surface area contributed by atoms with Crippen molar-refractivity contribution in [3.05, 3.63) is 27.4 Å². The van der Waals surface area contributed by atoms with Gasteiger partial charge in [-0.1, -0.05) is 0 Å². The Morgan fingerprint density at radius 2 is 2.20 bits per heavy atom. The molecule has 82 valence electrons. The van der Waals surface area contributed by atoms with E-state index < -0.39 is 0 Å². The third kappa shape index (κ3) is 2.26. The Labute approximate surface area is 88.9 Å². The lowest BCUT2D eigenvalue weighted by molar-refractivity contribution is 0.629. The predicted octanol–water partition coefficient (Wildman–Crippen LogP) is 0.538. The summed E-state index contributed by atoms with van der Waals surface area (Å²) >= 11 is 0. The van der Waals surface area contributed by atoms with E-state index in [1.54, 1.807) is 0 Å². The zero-order chi connectivity index (χ0) is 10.8. The van der Waals surface area contributed by atoms with E-state index in [4.69, 9.17) is 5.73 Å². The maximum Gasteiger partial charge on any atom is 0.345 e. The van der Waals surface area contributed by atoms with Crippen LogP contribution in [0.5, 0.6) is 0 Å². The molecule has 0 saturated heterocycles. The van der Waals surface area contributed by atoms with Crippen molar-refractivity contribution in [3.63, 3.8) is 0 Å². The molecule has 0 fully saturated rings. The van der Waals surface area contributed by atoms with Gasteiger partial charge in [-0.3, -0.25) is 0 Å². The van der Waals surface area contributed by atoms with Crippen LogP contribution in [-0.2, 0) is 19.3 Å². The SMILES string of the molecule is CC(N)Cc1nc(=O)[nH]c2c1CCCC2. The highest BCUT2D eigenvalue weighted by molar-refractivity contribution is 5.27. The second kappa shape index (κ2) is 4.14. The van der Waals surface area contributed by atoms with Gasteiger partial charge in [-0.15, -0.1) is 0 Å². The number of nitrogens with one attached hydrogen (secondary N) is 1. The van der Waals surface area contributed by atoms with E-state index in [0.717, 1.165) is 30.7 Å². The Kier molecular flexibility index (Phi) is 2.86. The van der Waals surface area contributed by atoms with Gasteiger partial charge in [0, 0.05) is 18.2 Å². The van der Waals surface area contributed by atoms with Gasteiger partial charge in [0.1, 0.15) is 0 Å². The summed E-state index contributed by atoms with van der Waals surface area (Å²) in [6.07, 6.45) is 5.05. The van der Waals surface area contributed by atoms with E-state index in [0.29, 0.717) is 6.42 Å². The maximum atomic E-state index is 11.3. The molecule has 0 spiro atoms. The highest BCUT2D eigenvalue weighted by atomic mass is 16.1. The standard InChI is InChI=1S/C11H17N3O/c1-7(12)6-10-8-4-2-3-5-9(8)13-11(15)14-10/h7H,2-6,12H2,1H3,(H,13,14,15). The van der Waals surface area contributed by atoms with Crippen LogP contribution in [0.4, 0.5) is 0 Å². The molecule has 1 aliphatic carbocycles. The Balaban J connectivity index is 2.43. The molecule has 0 bridgehead atoms. The molecule has 3 N–H and O–H groups in total. The largest absolute Gasteiger partial charge is 0.345 e. The normalized spacial score (nSPS) is 17.2. The van der Waals surface area contributed by atoms with E-state index >= 15 is 0 Å². The van der Waals surface area contributed by atoms with Crippen molar-refractivity contribution in [1.82, 2.24) is 9.97 Å². The van der Waals surface area contributed by atoms with Crippen LogP contribution < -0.4 is 11.4 Å². The lowest BCUT2D eigenvalue weighted by Crippen LogP contribution is -2.26. The smallest absolute Gasteiger partial charge is 0.328 e. The number of hydrogen-bond donors (Lipinski definition) is 2. The minimum atomic E-state index is -0.230. The number of H-pyrrole nitrogens is 1. The Morgan fingerprint density at radius 1 is 1.47 bits per heavy atom. The first-order valence-corrected chi connectivity index (χ1v) is 5.53. The van der Waals surface area contributed by atoms with Crippen molar-refractivity contribution in [1.29, 1.82) is 0 Å². The fourth-order valence-electron chi connectivity index (χ4n) is 2.18. The Morgan fingerprint density at radius 3 is 2.93 bits per heavy atom. The number of nitrogens with zero attached hydrogens (tertiary/aromatic N) is 1. The molecule has 1 atom stereocenters. The van der Waals surface area contributed by atoms with E-state index in [9.17, 15) is 4.79 Å². The maximum absolute atomic E-state index is 11.3. The summed E-state index contributed by atoms with van der Waals surface area (Å²) in [4.78, 5) is 18.2. The van der Waals surface area contributed by atoms with Crippen LogP contribution in [0.15, 0.2) is 4.79 Å². The van der Waals surface area contributed by atoms with Gasteiger partial charge >= 0.3 is 5.69 Å². The summed E-state index contributed by atoms with van der Waals surface area (Å²) in [7, 11) is 0. The number of nitrogens with two attached hydrogens (primary N) is 1. The number of rotatable bonds is 2. The van der Waals surface area contributed by atoms with Crippen molar-refractivity contribution < 1.29 is 0 Å². The Hall–Kier alpha value is -1.16. The van der Waals surface area contributed by atoms with Crippen LogP contribution in [0.2, 0.25) is 0 Å². The summed E-state index contributed by atoms with van der Waals surface area (Å²) in [5.41, 5.74) is 8.75. The van der Waals surface area contributed by atoms with Crippen LogP contribution in [0.3, 0.4) is 0 Å². The molecular formula is C11H17N3O. The lowest BCUT2D eigenvalue weighted by atomic mass is 9.93. The average Bonchev–Trinajstić information content (AvgIpc) is 2.16. The minimum Gasteiger partial charge on any atom is -0.328 e. The highest BCUT2D eigenvalue weighted by Gasteiger charge is 2.16. The molecule has 4 heteroatoms. The van der Waals surface area contributed by atoms with Crippen LogP contribution in [0, 0.1) is 0 Å². The van der Waals surface area contributed by atoms with E-state index in [1.807, 2.05) is 6.92 Å². The molecule has 2 rings (SSSR count). The topological polar surface area (TPSA) is 71.8 Å². The molecule has 1 aliphatic rings. The van der Waals surface area contributed by atoms with Gasteiger partial charge in [-0.25, -0.2) is 4.79 Å². The Bertz CT molecular complexity index is 409. The molecule has 0 amide bonds. The highest BCUT2D eigenvalue weighted by Crippen LogP contribution is 2.20. The van der Waals surface area contributed by atoms with Crippen molar-refractivity contribution in [2.24, 2.45) is 5.73 Å². The summed E-state index contributed by atoms with van der Waals surface area (Å²) in [5.74, 6) is 0. The van der Waals surface area contributed by atoms with Gasteiger partial charge < -0.3 is 10.7 Å². The van der Waals surface area contributed by atoms with Crippen molar-refractivity contribution in [2.45, 2.75) is 45.1 Å². The molecule has 15 heavy (non-hydrogen) atoms. The zero-order valence-corrected chi connectivity index (χ0v) is 9.05. The van der Waals surface area contributed by atoms with Gasteiger partial charge in [0.25, 0.3) is 0 Å². The second-order valence-electron chi connectivity index (χ2n) is 4.33. The molecule has 0 radical (unpaired) electrons. The lowest BCUT2D eigenvalue weighted by Gasteiger charge is -2.18. The first-order valence-electron chi connectivity index (χ1n) is 5.53. The molecule has 1 aromatic rings. The molecule has 0 aliphatic heterocycles. The minimum absolute atomic E-state index is 0.0605. The molecule has 0 saturated carbocycles. The van der Waals surface area contributed by atoms with Crippen LogP contribution >= 0.6 is 0 Å². The number of fused-ring (bicyclic) bond motifs is 1. The quantitative estimate of drug-likeness (QED) is 0.743. The number of aromatic amines is 1. The first-order chi connectivity index (χ1) is 7.16. The first kappa shape index (κ1) is 10.4. The van der Waals surface area contributed by atoms with Gasteiger partial charge in [0.2, 0.25) is 0 Å². The fourth-order valence-corrected chi connectivity index (χ4v) is 2.18. The monoisotopic (exact) mass is 207 g/mol. The van der Waals surface area contributed by atoms with Crippen molar-refractivity contribution in [2.75, 3.05) is 0 Å². The predicted molar refractivity (Wildman–Crippen MR) is 58.9 cm³/mol. The number of aryl methyl sites for hydroxylation is 1. The number of hydrogen-bond acceptors (Lipinski definition) is 3. The summed E-state index contributed by atoms with van der Waals surface area (Å²) in [6, 6.07) is 0.0605. The van der Waals surface area contributed by atoms with Crippen LogP contribution in [0.25, 0.3) is 0 Å². The molecule has 1 unspecified atom stereocenters. The molecule has 0 aromatic carbocycles. The number of aromatic nitrogens is 2.